The van der Waals surface area contributed by atoms with Crippen LogP contribution in [0.3, 0.4) is 0 Å². The van der Waals surface area contributed by atoms with Gasteiger partial charge in [-0.3, -0.25) is 5.32 Å². The second kappa shape index (κ2) is 9.32. The highest BCUT2D eigenvalue weighted by Gasteiger charge is 2.21. The van der Waals surface area contributed by atoms with E-state index in [0.717, 1.165) is 45.4 Å². The van der Waals surface area contributed by atoms with E-state index in [1.807, 2.05) is 13.8 Å². The van der Waals surface area contributed by atoms with Crippen LogP contribution >= 0.6 is 0 Å². The highest BCUT2D eigenvalue weighted by Crippen LogP contribution is 2.12. The van der Waals surface area contributed by atoms with Gasteiger partial charge in [0.2, 0.25) is 0 Å². The Hall–Kier alpha value is -0.630. The molecule has 106 valence electrons. The fourth-order valence-electron chi connectivity index (χ4n) is 1.92. The molecule has 1 atom stereocenters. The quantitative estimate of drug-likeness (QED) is 0.601. The molecule has 1 N–H and O–H groups in total. The standard InChI is InChI=1S/C14H30N4/c1-6-16-14(2,13-15)9-7-8-10-18(5)12-11-17(3)4/h16H,6-12H2,1-5H3. The molecule has 0 aromatic carbocycles. The third-order valence-electron chi connectivity index (χ3n) is 3.21. The Morgan fingerprint density at radius 3 is 2.28 bits per heavy atom. The fourth-order valence-corrected chi connectivity index (χ4v) is 1.92. The van der Waals surface area contributed by atoms with Crippen LogP contribution < -0.4 is 5.32 Å². The Bertz CT molecular complexity index is 247. The summed E-state index contributed by atoms with van der Waals surface area (Å²) in [7, 11) is 6.36. The molecule has 0 aromatic heterocycles. The molecule has 0 radical (unpaired) electrons. The maximum atomic E-state index is 9.14. The van der Waals surface area contributed by atoms with Crippen LogP contribution in [-0.2, 0) is 0 Å². The number of nitriles is 1. The largest absolute Gasteiger partial charge is 0.308 e. The van der Waals surface area contributed by atoms with Crippen LogP contribution in [0.2, 0.25) is 0 Å². The van der Waals surface area contributed by atoms with Crippen LogP contribution in [0, 0.1) is 11.3 Å². The third-order valence-corrected chi connectivity index (χ3v) is 3.21. The fraction of sp³-hybridized carbons (Fsp3) is 0.929. The monoisotopic (exact) mass is 254 g/mol. The zero-order chi connectivity index (χ0) is 14.0. The number of hydrogen-bond donors (Lipinski definition) is 1. The molecule has 4 nitrogen and oxygen atoms in total. The van der Waals surface area contributed by atoms with Gasteiger partial charge < -0.3 is 9.80 Å². The second-order valence-electron chi connectivity index (χ2n) is 5.54. The summed E-state index contributed by atoms with van der Waals surface area (Å²) in [6.45, 7) is 8.21. The van der Waals surface area contributed by atoms with Crippen LogP contribution in [0.4, 0.5) is 0 Å². The summed E-state index contributed by atoms with van der Waals surface area (Å²) in [6, 6.07) is 2.38. The molecular weight excluding hydrogens is 224 g/mol. The number of rotatable bonds is 10. The molecular formula is C14H30N4. The first-order valence-electron chi connectivity index (χ1n) is 6.93. The Balaban J connectivity index is 3.69. The first kappa shape index (κ1) is 17.4. The molecule has 0 spiro atoms. The highest BCUT2D eigenvalue weighted by molar-refractivity contribution is 5.03. The van der Waals surface area contributed by atoms with Gasteiger partial charge >= 0.3 is 0 Å². The molecule has 0 aliphatic heterocycles. The number of unbranched alkanes of at least 4 members (excludes halogenated alkanes) is 1. The molecule has 0 aliphatic rings. The zero-order valence-corrected chi connectivity index (χ0v) is 12.8. The van der Waals surface area contributed by atoms with Crippen LogP contribution in [-0.4, -0.2) is 62.7 Å². The van der Waals surface area contributed by atoms with Crippen molar-refractivity contribution < 1.29 is 0 Å². The van der Waals surface area contributed by atoms with E-state index in [-0.39, 0.29) is 5.54 Å². The normalized spacial score (nSPS) is 14.8. The first-order valence-corrected chi connectivity index (χ1v) is 6.93. The van der Waals surface area contributed by atoms with Gasteiger partial charge in [0.1, 0.15) is 5.54 Å². The van der Waals surface area contributed by atoms with Gasteiger partial charge in [-0.1, -0.05) is 6.92 Å². The van der Waals surface area contributed by atoms with Crippen molar-refractivity contribution >= 4 is 0 Å². The van der Waals surface area contributed by atoms with E-state index in [2.05, 4.69) is 42.3 Å². The minimum atomic E-state index is -0.350. The summed E-state index contributed by atoms with van der Waals surface area (Å²) in [5.74, 6) is 0. The lowest BCUT2D eigenvalue weighted by molar-refractivity contribution is 0.273. The molecule has 0 rings (SSSR count). The van der Waals surface area contributed by atoms with E-state index >= 15 is 0 Å². The van der Waals surface area contributed by atoms with Gasteiger partial charge in [-0.15, -0.1) is 0 Å². The molecule has 0 fully saturated rings. The molecule has 0 bridgehead atoms. The van der Waals surface area contributed by atoms with E-state index in [4.69, 9.17) is 5.26 Å². The zero-order valence-electron chi connectivity index (χ0n) is 12.8. The van der Waals surface area contributed by atoms with E-state index in [9.17, 15) is 0 Å². The Morgan fingerprint density at radius 2 is 1.78 bits per heavy atom. The van der Waals surface area contributed by atoms with Crippen molar-refractivity contribution in [3.8, 4) is 6.07 Å². The van der Waals surface area contributed by atoms with E-state index in [0.29, 0.717) is 0 Å². The SMILES string of the molecule is CCNC(C)(C#N)CCCCN(C)CCN(C)C. The lowest BCUT2D eigenvalue weighted by atomic mass is 9.96. The topological polar surface area (TPSA) is 42.3 Å². The summed E-state index contributed by atoms with van der Waals surface area (Å²) < 4.78 is 0. The summed E-state index contributed by atoms with van der Waals surface area (Å²) in [5.41, 5.74) is -0.350. The summed E-state index contributed by atoms with van der Waals surface area (Å²) >= 11 is 0. The van der Waals surface area contributed by atoms with E-state index in [1.165, 1.54) is 0 Å². The summed E-state index contributed by atoms with van der Waals surface area (Å²) in [6.07, 6.45) is 3.19. The van der Waals surface area contributed by atoms with E-state index in [1.54, 1.807) is 0 Å². The first-order chi connectivity index (χ1) is 8.43. The number of hydrogen-bond acceptors (Lipinski definition) is 4. The van der Waals surface area contributed by atoms with E-state index < -0.39 is 0 Å². The average molecular weight is 254 g/mol. The number of likely N-dealkylation sites (N-methyl/N-ethyl adjacent to an activating group) is 2. The maximum Gasteiger partial charge on any atom is 0.103 e. The van der Waals surface area contributed by atoms with Crippen LogP contribution in [0.5, 0.6) is 0 Å². The summed E-state index contributed by atoms with van der Waals surface area (Å²) in [4.78, 5) is 4.56. The van der Waals surface area contributed by atoms with Crippen molar-refractivity contribution in [3.63, 3.8) is 0 Å². The summed E-state index contributed by atoms with van der Waals surface area (Å²) in [5, 5.41) is 12.4. The van der Waals surface area contributed by atoms with Crippen molar-refractivity contribution in [3.05, 3.63) is 0 Å². The predicted octanol–water partition coefficient (Wildman–Crippen LogP) is 1.54. The maximum absolute atomic E-state index is 9.14. The molecule has 0 heterocycles. The van der Waals surface area contributed by atoms with Gasteiger partial charge in [0.25, 0.3) is 0 Å². The second-order valence-corrected chi connectivity index (χ2v) is 5.54. The van der Waals surface area contributed by atoms with Crippen molar-refractivity contribution in [2.75, 3.05) is 47.3 Å². The molecule has 0 amide bonds. The lowest BCUT2D eigenvalue weighted by Crippen LogP contribution is -2.40. The Labute approximate surface area is 113 Å². The van der Waals surface area contributed by atoms with Crippen LogP contribution in [0.1, 0.15) is 33.1 Å². The average Bonchev–Trinajstić information content (AvgIpc) is 2.32. The Kier molecular flexibility index (Phi) is 8.99. The smallest absolute Gasteiger partial charge is 0.103 e. The minimum absolute atomic E-state index is 0.350. The van der Waals surface area contributed by atoms with Crippen molar-refractivity contribution in [2.24, 2.45) is 0 Å². The minimum Gasteiger partial charge on any atom is -0.308 e. The lowest BCUT2D eigenvalue weighted by Gasteiger charge is -2.23. The third kappa shape index (κ3) is 8.46. The van der Waals surface area contributed by atoms with Crippen LogP contribution in [0.25, 0.3) is 0 Å². The molecule has 4 heteroatoms. The van der Waals surface area contributed by atoms with Crippen molar-refractivity contribution in [2.45, 2.75) is 38.6 Å². The highest BCUT2D eigenvalue weighted by atomic mass is 15.1. The van der Waals surface area contributed by atoms with Crippen molar-refractivity contribution in [1.82, 2.24) is 15.1 Å². The van der Waals surface area contributed by atoms with Gasteiger partial charge in [-0.25, -0.2) is 0 Å². The van der Waals surface area contributed by atoms with Gasteiger partial charge in [-0.2, -0.15) is 5.26 Å². The van der Waals surface area contributed by atoms with Gasteiger partial charge in [0, 0.05) is 13.1 Å². The van der Waals surface area contributed by atoms with Crippen LogP contribution in [0.15, 0.2) is 0 Å². The molecule has 1 unspecified atom stereocenters. The number of nitrogens with one attached hydrogen (secondary N) is 1. The van der Waals surface area contributed by atoms with Gasteiger partial charge in [0.05, 0.1) is 6.07 Å². The molecule has 0 saturated carbocycles. The number of nitrogens with zero attached hydrogens (tertiary/aromatic N) is 3. The predicted molar refractivity (Wildman–Crippen MR) is 77.6 cm³/mol. The molecule has 0 aromatic rings. The molecule has 0 saturated heterocycles. The van der Waals surface area contributed by atoms with Gasteiger partial charge in [0.15, 0.2) is 0 Å². The molecule has 18 heavy (non-hydrogen) atoms. The Morgan fingerprint density at radius 1 is 1.11 bits per heavy atom. The van der Waals surface area contributed by atoms with Gasteiger partial charge in [-0.05, 0) is 60.4 Å². The molecule has 0 aliphatic carbocycles. The van der Waals surface area contributed by atoms with Crippen molar-refractivity contribution in [1.29, 1.82) is 5.26 Å².